The van der Waals surface area contributed by atoms with E-state index in [1.807, 2.05) is 29.2 Å². The molecule has 0 atom stereocenters. The average molecular weight is 491 g/mol. The lowest BCUT2D eigenvalue weighted by molar-refractivity contribution is -0.132. The predicted octanol–water partition coefficient (Wildman–Crippen LogP) is 3.60. The molecule has 1 saturated heterocycles. The fourth-order valence-corrected chi connectivity index (χ4v) is 2.74. The highest BCUT2D eigenvalue weighted by Crippen LogP contribution is 2.18. The molecule has 0 saturated carbocycles. The lowest BCUT2D eigenvalue weighted by Crippen LogP contribution is -2.52. The standard InChI is InChI=1S/C16H22ClF3N4.HI/c1-21-15(22-7-6-16(18,19)20)24-10-8-23(9-11-24)12-13-2-4-14(17)5-3-13;/h2-5H,6-12H2,1H3,(H,21,22);1H. The summed E-state index contributed by atoms with van der Waals surface area (Å²) in [6.45, 7) is 3.83. The molecule has 1 aromatic carbocycles. The largest absolute Gasteiger partial charge is 0.390 e. The van der Waals surface area contributed by atoms with Crippen LogP contribution in [0, 0.1) is 0 Å². The van der Waals surface area contributed by atoms with E-state index >= 15 is 0 Å². The van der Waals surface area contributed by atoms with E-state index in [4.69, 9.17) is 11.6 Å². The molecule has 0 bridgehead atoms. The van der Waals surface area contributed by atoms with E-state index in [0.717, 1.165) is 37.7 Å². The lowest BCUT2D eigenvalue weighted by atomic mass is 10.2. The Hall–Kier alpha value is -0.740. The van der Waals surface area contributed by atoms with Crippen molar-refractivity contribution in [3.8, 4) is 0 Å². The van der Waals surface area contributed by atoms with Crippen LogP contribution in [0.4, 0.5) is 13.2 Å². The SMILES string of the molecule is CN=C(NCCC(F)(F)F)N1CCN(Cc2ccc(Cl)cc2)CC1.I. The molecule has 9 heteroatoms. The van der Waals surface area contributed by atoms with Crippen LogP contribution in [-0.2, 0) is 6.54 Å². The number of aliphatic imine (C=N–C) groups is 1. The lowest BCUT2D eigenvalue weighted by Gasteiger charge is -2.36. The van der Waals surface area contributed by atoms with E-state index in [1.165, 1.54) is 5.56 Å². The number of hydrogen-bond donors (Lipinski definition) is 1. The minimum atomic E-state index is -4.15. The number of nitrogens with one attached hydrogen (secondary N) is 1. The van der Waals surface area contributed by atoms with Crippen molar-refractivity contribution in [2.45, 2.75) is 19.1 Å². The van der Waals surface area contributed by atoms with Crippen LogP contribution in [0.3, 0.4) is 0 Å². The Labute approximate surface area is 168 Å². The third-order valence-corrected chi connectivity index (χ3v) is 4.15. The van der Waals surface area contributed by atoms with Gasteiger partial charge in [-0.15, -0.1) is 24.0 Å². The van der Waals surface area contributed by atoms with Crippen LogP contribution in [0.25, 0.3) is 0 Å². The highest BCUT2D eigenvalue weighted by atomic mass is 127. The molecule has 0 aromatic heterocycles. The van der Waals surface area contributed by atoms with Crippen molar-refractivity contribution >= 4 is 41.5 Å². The van der Waals surface area contributed by atoms with Gasteiger partial charge in [-0.25, -0.2) is 0 Å². The number of hydrogen-bond acceptors (Lipinski definition) is 2. The summed E-state index contributed by atoms with van der Waals surface area (Å²) in [6, 6.07) is 7.76. The van der Waals surface area contributed by atoms with Crippen LogP contribution < -0.4 is 5.32 Å². The van der Waals surface area contributed by atoms with Crippen molar-refractivity contribution in [1.29, 1.82) is 0 Å². The summed E-state index contributed by atoms with van der Waals surface area (Å²) >= 11 is 5.88. The maximum Gasteiger partial charge on any atom is 0.390 e. The van der Waals surface area contributed by atoms with E-state index in [2.05, 4.69) is 15.2 Å². The van der Waals surface area contributed by atoms with Gasteiger partial charge in [0.15, 0.2) is 5.96 Å². The highest BCUT2D eigenvalue weighted by molar-refractivity contribution is 14.0. The fourth-order valence-electron chi connectivity index (χ4n) is 2.61. The van der Waals surface area contributed by atoms with Crippen LogP contribution in [-0.4, -0.2) is 61.7 Å². The summed E-state index contributed by atoms with van der Waals surface area (Å²) in [6.07, 6.45) is -5.01. The first-order chi connectivity index (χ1) is 11.4. The summed E-state index contributed by atoms with van der Waals surface area (Å²) in [4.78, 5) is 8.38. The maximum absolute atomic E-state index is 12.2. The molecule has 2 rings (SSSR count). The molecule has 1 aliphatic rings. The van der Waals surface area contributed by atoms with Crippen LogP contribution in [0.15, 0.2) is 29.3 Å². The second kappa shape index (κ2) is 10.4. The molecule has 1 heterocycles. The van der Waals surface area contributed by atoms with Crippen molar-refractivity contribution in [3.63, 3.8) is 0 Å². The molecule has 0 unspecified atom stereocenters. The van der Waals surface area contributed by atoms with E-state index in [0.29, 0.717) is 5.96 Å². The van der Waals surface area contributed by atoms with Crippen molar-refractivity contribution < 1.29 is 13.2 Å². The van der Waals surface area contributed by atoms with Gasteiger partial charge in [-0.3, -0.25) is 9.89 Å². The minimum absolute atomic E-state index is 0. The number of benzene rings is 1. The number of rotatable bonds is 4. The summed E-state index contributed by atoms with van der Waals surface area (Å²) in [5.74, 6) is 0.533. The number of guanidine groups is 1. The van der Waals surface area contributed by atoms with Crippen LogP contribution in [0.5, 0.6) is 0 Å². The average Bonchev–Trinajstić information content (AvgIpc) is 2.54. The Kier molecular flexibility index (Phi) is 9.29. The van der Waals surface area contributed by atoms with Crippen molar-refractivity contribution in [2.75, 3.05) is 39.8 Å². The topological polar surface area (TPSA) is 30.9 Å². The molecule has 25 heavy (non-hydrogen) atoms. The Morgan fingerprint density at radius 3 is 2.28 bits per heavy atom. The molecule has 142 valence electrons. The highest BCUT2D eigenvalue weighted by Gasteiger charge is 2.27. The van der Waals surface area contributed by atoms with Gasteiger partial charge in [-0.1, -0.05) is 23.7 Å². The summed E-state index contributed by atoms with van der Waals surface area (Å²) in [5.41, 5.74) is 1.19. The van der Waals surface area contributed by atoms with Gasteiger partial charge in [-0.05, 0) is 17.7 Å². The zero-order chi connectivity index (χ0) is 17.6. The minimum Gasteiger partial charge on any atom is -0.356 e. The summed E-state index contributed by atoms with van der Waals surface area (Å²) < 4.78 is 36.7. The number of nitrogens with zero attached hydrogens (tertiary/aromatic N) is 3. The predicted molar refractivity (Wildman–Crippen MR) is 106 cm³/mol. The monoisotopic (exact) mass is 490 g/mol. The number of piperazine rings is 1. The van der Waals surface area contributed by atoms with E-state index < -0.39 is 12.6 Å². The van der Waals surface area contributed by atoms with Gasteiger partial charge in [0.05, 0.1) is 6.42 Å². The van der Waals surface area contributed by atoms with Crippen molar-refractivity contribution in [2.24, 2.45) is 4.99 Å². The van der Waals surface area contributed by atoms with Crippen LogP contribution in [0.1, 0.15) is 12.0 Å². The van der Waals surface area contributed by atoms with Gasteiger partial charge in [-0.2, -0.15) is 13.2 Å². The Bertz CT molecular complexity index is 543. The van der Waals surface area contributed by atoms with Gasteiger partial charge in [0, 0.05) is 51.3 Å². The molecule has 0 amide bonds. The second-order valence-electron chi connectivity index (χ2n) is 5.73. The van der Waals surface area contributed by atoms with Crippen LogP contribution in [0.2, 0.25) is 5.02 Å². The smallest absolute Gasteiger partial charge is 0.356 e. The van der Waals surface area contributed by atoms with E-state index in [-0.39, 0.29) is 30.5 Å². The first kappa shape index (κ1) is 22.3. The molecule has 1 aromatic rings. The molecule has 0 aliphatic carbocycles. The van der Waals surface area contributed by atoms with Crippen LogP contribution >= 0.6 is 35.6 Å². The maximum atomic E-state index is 12.2. The first-order valence-electron chi connectivity index (χ1n) is 7.86. The van der Waals surface area contributed by atoms with Gasteiger partial charge in [0.25, 0.3) is 0 Å². The van der Waals surface area contributed by atoms with Gasteiger partial charge in [0.2, 0.25) is 0 Å². The number of halogens is 5. The molecular weight excluding hydrogens is 468 g/mol. The molecule has 4 nitrogen and oxygen atoms in total. The molecule has 1 aliphatic heterocycles. The Balaban J connectivity index is 0.00000312. The Morgan fingerprint density at radius 1 is 1.16 bits per heavy atom. The first-order valence-corrected chi connectivity index (χ1v) is 8.24. The molecule has 0 radical (unpaired) electrons. The third kappa shape index (κ3) is 8.00. The molecule has 1 N–H and O–H groups in total. The van der Waals surface area contributed by atoms with Crippen molar-refractivity contribution in [3.05, 3.63) is 34.9 Å². The fraction of sp³-hybridized carbons (Fsp3) is 0.562. The molecule has 1 fully saturated rings. The molecular formula is C16H23ClF3IN4. The Morgan fingerprint density at radius 2 is 1.76 bits per heavy atom. The zero-order valence-electron chi connectivity index (χ0n) is 14.0. The van der Waals surface area contributed by atoms with E-state index in [9.17, 15) is 13.2 Å². The molecule has 0 spiro atoms. The van der Waals surface area contributed by atoms with Crippen molar-refractivity contribution in [1.82, 2.24) is 15.1 Å². The van der Waals surface area contributed by atoms with Gasteiger partial charge < -0.3 is 10.2 Å². The summed E-state index contributed by atoms with van der Waals surface area (Å²) in [5, 5.41) is 3.51. The van der Waals surface area contributed by atoms with Gasteiger partial charge >= 0.3 is 6.18 Å². The number of alkyl halides is 3. The second-order valence-corrected chi connectivity index (χ2v) is 6.17. The van der Waals surface area contributed by atoms with Gasteiger partial charge in [0.1, 0.15) is 0 Å². The normalized spacial score (nSPS) is 16.5. The third-order valence-electron chi connectivity index (χ3n) is 3.89. The van der Waals surface area contributed by atoms with E-state index in [1.54, 1.807) is 7.05 Å². The summed E-state index contributed by atoms with van der Waals surface area (Å²) in [7, 11) is 1.59. The zero-order valence-corrected chi connectivity index (χ0v) is 17.1. The quantitative estimate of drug-likeness (QED) is 0.398.